The number of rotatable bonds is 4. The Morgan fingerprint density at radius 2 is 2.09 bits per heavy atom. The first-order chi connectivity index (χ1) is 10.7. The van der Waals surface area contributed by atoms with Gasteiger partial charge in [-0.25, -0.2) is 0 Å². The number of nitrogens with one attached hydrogen (secondary N) is 1. The Kier molecular flexibility index (Phi) is 3.94. The van der Waals surface area contributed by atoms with Gasteiger partial charge in [0.2, 0.25) is 5.91 Å². The minimum Gasteiger partial charge on any atom is -0.493 e. The highest BCUT2D eigenvalue weighted by atomic mass is 35.5. The maximum absolute atomic E-state index is 11.6. The molecule has 1 amide bonds. The van der Waals surface area contributed by atoms with Crippen molar-refractivity contribution in [2.45, 2.75) is 13.0 Å². The van der Waals surface area contributed by atoms with Crippen molar-refractivity contribution in [1.29, 1.82) is 0 Å². The third-order valence-electron chi connectivity index (χ3n) is 3.69. The standard InChI is InChI=1S/C15H16ClN3O3/c1-21-12-5-9-3-4-19-15(10(9)6-13(12)22-2)11(8-17-19)18-14(20)7-16/h5-6,8H,3-4,7H2,1-2H3,(H,18,20). The Bertz CT molecular complexity index is 727. The van der Waals surface area contributed by atoms with Crippen molar-refractivity contribution in [1.82, 2.24) is 9.78 Å². The van der Waals surface area contributed by atoms with Crippen molar-refractivity contribution in [3.05, 3.63) is 23.9 Å². The molecule has 1 N–H and O–H groups in total. The molecule has 3 rings (SSSR count). The summed E-state index contributed by atoms with van der Waals surface area (Å²) in [4.78, 5) is 11.6. The fourth-order valence-electron chi connectivity index (χ4n) is 2.69. The molecule has 0 aliphatic carbocycles. The maximum atomic E-state index is 11.6. The first-order valence-corrected chi connectivity index (χ1v) is 7.38. The number of methoxy groups -OCH3 is 2. The topological polar surface area (TPSA) is 65.4 Å². The van der Waals surface area contributed by atoms with Crippen molar-refractivity contribution in [3.63, 3.8) is 0 Å². The van der Waals surface area contributed by atoms with Gasteiger partial charge in [0.25, 0.3) is 0 Å². The number of ether oxygens (including phenoxy) is 2. The number of anilines is 1. The van der Waals surface area contributed by atoms with E-state index < -0.39 is 0 Å². The van der Waals surface area contributed by atoms with Crippen LogP contribution in [0.15, 0.2) is 18.3 Å². The van der Waals surface area contributed by atoms with E-state index in [0.29, 0.717) is 17.2 Å². The molecule has 1 aromatic heterocycles. The van der Waals surface area contributed by atoms with E-state index in [2.05, 4.69) is 10.4 Å². The van der Waals surface area contributed by atoms with E-state index in [-0.39, 0.29) is 11.8 Å². The second kappa shape index (κ2) is 5.88. The molecule has 2 heterocycles. The number of aryl methyl sites for hydroxylation is 2. The van der Waals surface area contributed by atoms with Gasteiger partial charge in [0.05, 0.1) is 31.8 Å². The summed E-state index contributed by atoms with van der Waals surface area (Å²) in [6.45, 7) is 0.745. The highest BCUT2D eigenvalue weighted by Crippen LogP contribution is 2.41. The van der Waals surface area contributed by atoms with Crippen LogP contribution in [0.4, 0.5) is 5.69 Å². The molecule has 0 saturated heterocycles. The van der Waals surface area contributed by atoms with Crippen LogP contribution in [-0.2, 0) is 17.8 Å². The van der Waals surface area contributed by atoms with E-state index in [0.717, 1.165) is 29.8 Å². The van der Waals surface area contributed by atoms with Gasteiger partial charge in [-0.2, -0.15) is 5.10 Å². The van der Waals surface area contributed by atoms with Gasteiger partial charge in [0.1, 0.15) is 5.88 Å². The number of hydrogen-bond donors (Lipinski definition) is 1. The molecule has 1 aliphatic rings. The molecule has 0 spiro atoms. The summed E-state index contributed by atoms with van der Waals surface area (Å²) in [6, 6.07) is 3.88. The number of halogens is 1. The minimum absolute atomic E-state index is 0.0938. The molecule has 22 heavy (non-hydrogen) atoms. The largest absolute Gasteiger partial charge is 0.493 e. The zero-order valence-electron chi connectivity index (χ0n) is 12.4. The van der Waals surface area contributed by atoms with Crippen LogP contribution in [0, 0.1) is 0 Å². The van der Waals surface area contributed by atoms with E-state index in [1.54, 1.807) is 20.4 Å². The van der Waals surface area contributed by atoms with Gasteiger partial charge in [0, 0.05) is 12.1 Å². The first kappa shape index (κ1) is 14.7. The lowest BCUT2D eigenvalue weighted by molar-refractivity contribution is -0.113. The lowest BCUT2D eigenvalue weighted by Gasteiger charge is -2.21. The van der Waals surface area contributed by atoms with E-state index in [1.165, 1.54) is 0 Å². The summed E-state index contributed by atoms with van der Waals surface area (Å²) < 4.78 is 12.6. The summed E-state index contributed by atoms with van der Waals surface area (Å²) in [6.07, 6.45) is 2.48. The van der Waals surface area contributed by atoms with Crippen LogP contribution in [0.2, 0.25) is 0 Å². The predicted octanol–water partition coefficient (Wildman–Crippen LogP) is 2.30. The Morgan fingerprint density at radius 1 is 1.36 bits per heavy atom. The first-order valence-electron chi connectivity index (χ1n) is 6.84. The molecule has 0 bridgehead atoms. The molecule has 6 nitrogen and oxygen atoms in total. The van der Waals surface area contributed by atoms with Gasteiger partial charge in [-0.15, -0.1) is 11.6 Å². The third-order valence-corrected chi connectivity index (χ3v) is 3.94. The Labute approximate surface area is 133 Å². The Morgan fingerprint density at radius 3 is 2.77 bits per heavy atom. The summed E-state index contributed by atoms with van der Waals surface area (Å²) in [5, 5.41) is 7.11. The third kappa shape index (κ3) is 2.39. The molecule has 0 radical (unpaired) electrons. The highest BCUT2D eigenvalue weighted by Gasteiger charge is 2.24. The van der Waals surface area contributed by atoms with Gasteiger partial charge < -0.3 is 14.8 Å². The van der Waals surface area contributed by atoms with Crippen LogP contribution in [0.5, 0.6) is 11.5 Å². The number of amides is 1. The number of benzene rings is 1. The molecule has 1 aromatic carbocycles. The van der Waals surface area contributed by atoms with Crippen LogP contribution in [0.1, 0.15) is 5.56 Å². The predicted molar refractivity (Wildman–Crippen MR) is 83.8 cm³/mol. The number of hydrogen-bond acceptors (Lipinski definition) is 4. The second-order valence-electron chi connectivity index (χ2n) is 4.93. The molecule has 116 valence electrons. The minimum atomic E-state index is -0.259. The number of alkyl halides is 1. The molecular weight excluding hydrogens is 306 g/mol. The molecule has 0 atom stereocenters. The quantitative estimate of drug-likeness (QED) is 0.878. The number of nitrogens with zero attached hydrogens (tertiary/aromatic N) is 2. The Balaban J connectivity index is 2.11. The molecule has 7 heteroatoms. The van der Waals surface area contributed by atoms with E-state index in [9.17, 15) is 4.79 Å². The highest BCUT2D eigenvalue weighted by molar-refractivity contribution is 6.29. The van der Waals surface area contributed by atoms with Crippen LogP contribution >= 0.6 is 11.6 Å². The van der Waals surface area contributed by atoms with Gasteiger partial charge in [-0.3, -0.25) is 9.48 Å². The van der Waals surface area contributed by atoms with Crippen LogP contribution in [-0.4, -0.2) is 35.8 Å². The SMILES string of the molecule is COc1cc2c(cc1OC)-c1c(NC(=O)CCl)cnn1CC2. The fraction of sp³-hybridized carbons (Fsp3) is 0.333. The van der Waals surface area contributed by atoms with E-state index in [1.807, 2.05) is 16.8 Å². The smallest absolute Gasteiger partial charge is 0.239 e. The van der Waals surface area contributed by atoms with Gasteiger partial charge in [0.15, 0.2) is 11.5 Å². The lowest BCUT2D eigenvalue weighted by atomic mass is 9.97. The van der Waals surface area contributed by atoms with Crippen molar-refractivity contribution >= 4 is 23.2 Å². The average molecular weight is 322 g/mol. The number of carbonyl (C=O) groups is 1. The molecule has 0 saturated carbocycles. The number of aromatic nitrogens is 2. The zero-order chi connectivity index (χ0) is 15.7. The van der Waals surface area contributed by atoms with Crippen molar-refractivity contribution < 1.29 is 14.3 Å². The number of carbonyl (C=O) groups excluding carboxylic acids is 1. The summed E-state index contributed by atoms with van der Waals surface area (Å²) in [5.41, 5.74) is 3.62. The fourth-order valence-corrected chi connectivity index (χ4v) is 2.76. The monoisotopic (exact) mass is 321 g/mol. The van der Waals surface area contributed by atoms with Gasteiger partial charge >= 0.3 is 0 Å². The van der Waals surface area contributed by atoms with Crippen LogP contribution in [0.25, 0.3) is 11.3 Å². The second-order valence-corrected chi connectivity index (χ2v) is 5.19. The normalized spacial score (nSPS) is 12.3. The molecule has 0 unspecified atom stereocenters. The van der Waals surface area contributed by atoms with Crippen LogP contribution < -0.4 is 14.8 Å². The molecule has 2 aromatic rings. The molecule has 0 fully saturated rings. The van der Waals surface area contributed by atoms with Gasteiger partial charge in [-0.05, 0) is 24.1 Å². The van der Waals surface area contributed by atoms with Crippen LogP contribution in [0.3, 0.4) is 0 Å². The van der Waals surface area contributed by atoms with E-state index >= 15 is 0 Å². The average Bonchev–Trinajstić information content (AvgIpc) is 2.96. The summed E-state index contributed by atoms with van der Waals surface area (Å²) in [5.74, 6) is 0.986. The van der Waals surface area contributed by atoms with Crippen molar-refractivity contribution in [2.24, 2.45) is 0 Å². The lowest BCUT2D eigenvalue weighted by Crippen LogP contribution is -2.16. The summed E-state index contributed by atoms with van der Waals surface area (Å²) >= 11 is 5.56. The van der Waals surface area contributed by atoms with Crippen molar-refractivity contribution in [3.8, 4) is 22.8 Å². The van der Waals surface area contributed by atoms with Crippen molar-refractivity contribution in [2.75, 3.05) is 25.4 Å². The molecule has 1 aliphatic heterocycles. The zero-order valence-corrected chi connectivity index (χ0v) is 13.1. The summed E-state index contributed by atoms with van der Waals surface area (Å²) in [7, 11) is 3.21. The number of fused-ring (bicyclic) bond motifs is 3. The Hall–Kier alpha value is -2.21. The van der Waals surface area contributed by atoms with E-state index in [4.69, 9.17) is 21.1 Å². The maximum Gasteiger partial charge on any atom is 0.239 e. The molecular formula is C15H16ClN3O3. The van der Waals surface area contributed by atoms with Gasteiger partial charge in [-0.1, -0.05) is 0 Å².